The summed E-state index contributed by atoms with van der Waals surface area (Å²) in [5, 5.41) is 3.17. The fourth-order valence-electron chi connectivity index (χ4n) is 3.33. The zero-order chi connectivity index (χ0) is 20.4. The summed E-state index contributed by atoms with van der Waals surface area (Å²) in [6.07, 6.45) is 1.01. The van der Waals surface area contributed by atoms with Gasteiger partial charge >= 0.3 is 17.9 Å². The molecule has 1 saturated heterocycles. The summed E-state index contributed by atoms with van der Waals surface area (Å²) >= 11 is 0. The Morgan fingerprint density at radius 1 is 1.04 bits per heavy atom. The SMILES string of the molecule is CC(=O)OCC1NC(c2c[nH]c3c(=O)[nH]cnc23)C(OC(C)=O)C1OC(C)=O. The third-order valence-electron chi connectivity index (χ3n) is 4.35. The van der Waals surface area contributed by atoms with E-state index in [1.807, 2.05) is 0 Å². The molecule has 11 nitrogen and oxygen atoms in total. The first-order chi connectivity index (χ1) is 13.3. The van der Waals surface area contributed by atoms with Gasteiger partial charge in [0.05, 0.1) is 18.4 Å². The van der Waals surface area contributed by atoms with Crippen LogP contribution in [0.4, 0.5) is 0 Å². The predicted molar refractivity (Wildman–Crippen MR) is 94.1 cm³/mol. The Labute approximate surface area is 158 Å². The number of esters is 3. The molecule has 1 aliphatic rings. The van der Waals surface area contributed by atoms with E-state index < -0.39 is 42.2 Å². The number of H-pyrrole nitrogens is 2. The molecule has 3 heterocycles. The lowest BCUT2D eigenvalue weighted by Crippen LogP contribution is -2.41. The van der Waals surface area contributed by atoms with Crippen LogP contribution in [-0.4, -0.2) is 57.7 Å². The van der Waals surface area contributed by atoms with Crippen molar-refractivity contribution in [1.29, 1.82) is 0 Å². The maximum Gasteiger partial charge on any atom is 0.303 e. The first kappa shape index (κ1) is 19.5. The normalized spacial score (nSPS) is 24.1. The second-order valence-electron chi connectivity index (χ2n) is 6.40. The highest BCUT2D eigenvalue weighted by Crippen LogP contribution is 2.34. The van der Waals surface area contributed by atoms with Gasteiger partial charge in [-0.25, -0.2) is 4.98 Å². The molecule has 150 valence electrons. The number of nitrogens with zero attached hydrogens (tertiary/aromatic N) is 1. The second kappa shape index (κ2) is 7.80. The van der Waals surface area contributed by atoms with E-state index in [0.717, 1.165) is 0 Å². The van der Waals surface area contributed by atoms with Crippen LogP contribution in [0.1, 0.15) is 32.4 Å². The van der Waals surface area contributed by atoms with E-state index in [1.165, 1.54) is 27.1 Å². The smallest absolute Gasteiger partial charge is 0.303 e. The first-order valence-corrected chi connectivity index (χ1v) is 8.56. The van der Waals surface area contributed by atoms with Gasteiger partial charge in [0, 0.05) is 32.5 Å². The number of aromatic amines is 2. The number of hydrogen-bond acceptors (Lipinski definition) is 9. The van der Waals surface area contributed by atoms with Gasteiger partial charge in [-0.15, -0.1) is 0 Å². The van der Waals surface area contributed by atoms with Crippen LogP contribution in [0.2, 0.25) is 0 Å². The van der Waals surface area contributed by atoms with Crippen molar-refractivity contribution in [2.75, 3.05) is 6.61 Å². The molecule has 0 spiro atoms. The second-order valence-corrected chi connectivity index (χ2v) is 6.40. The molecule has 0 bridgehead atoms. The molecule has 3 rings (SSSR count). The molecule has 1 aliphatic heterocycles. The maximum atomic E-state index is 12.0. The van der Waals surface area contributed by atoms with E-state index in [-0.39, 0.29) is 17.7 Å². The molecule has 11 heteroatoms. The van der Waals surface area contributed by atoms with Crippen LogP contribution in [0.3, 0.4) is 0 Å². The van der Waals surface area contributed by atoms with Gasteiger partial charge in [0.1, 0.15) is 17.6 Å². The Hall–Kier alpha value is -3.21. The number of hydrogen-bond donors (Lipinski definition) is 3. The Balaban J connectivity index is 2.02. The fraction of sp³-hybridized carbons (Fsp3) is 0.471. The number of carbonyl (C=O) groups excluding carboxylic acids is 3. The van der Waals surface area contributed by atoms with E-state index in [9.17, 15) is 19.2 Å². The average molecular weight is 392 g/mol. The predicted octanol–water partition coefficient (Wildman–Crippen LogP) is -0.309. The fourth-order valence-corrected chi connectivity index (χ4v) is 3.33. The van der Waals surface area contributed by atoms with E-state index >= 15 is 0 Å². The number of aromatic nitrogens is 3. The van der Waals surface area contributed by atoms with Crippen molar-refractivity contribution < 1.29 is 28.6 Å². The van der Waals surface area contributed by atoms with Crippen LogP contribution in [-0.2, 0) is 28.6 Å². The Morgan fingerprint density at radius 3 is 2.36 bits per heavy atom. The van der Waals surface area contributed by atoms with Crippen LogP contribution in [0.25, 0.3) is 11.0 Å². The highest BCUT2D eigenvalue weighted by molar-refractivity contribution is 5.78. The van der Waals surface area contributed by atoms with Gasteiger partial charge in [-0.05, 0) is 0 Å². The van der Waals surface area contributed by atoms with Crippen molar-refractivity contribution in [1.82, 2.24) is 20.3 Å². The monoisotopic (exact) mass is 392 g/mol. The average Bonchev–Trinajstić information content (AvgIpc) is 3.16. The minimum Gasteiger partial charge on any atom is -0.464 e. The highest BCUT2D eigenvalue weighted by atomic mass is 16.6. The molecular weight excluding hydrogens is 372 g/mol. The molecule has 4 unspecified atom stereocenters. The molecular formula is C17H20N4O7. The van der Waals surface area contributed by atoms with Crippen molar-refractivity contribution in [2.45, 2.75) is 45.1 Å². The summed E-state index contributed by atoms with van der Waals surface area (Å²) in [7, 11) is 0. The van der Waals surface area contributed by atoms with Gasteiger partial charge in [0.15, 0.2) is 12.2 Å². The van der Waals surface area contributed by atoms with Crippen molar-refractivity contribution in [3.63, 3.8) is 0 Å². The van der Waals surface area contributed by atoms with Gasteiger partial charge < -0.3 is 24.2 Å². The van der Waals surface area contributed by atoms with Gasteiger partial charge in [-0.2, -0.15) is 0 Å². The van der Waals surface area contributed by atoms with E-state index in [0.29, 0.717) is 11.1 Å². The summed E-state index contributed by atoms with van der Waals surface area (Å²) < 4.78 is 15.8. The molecule has 28 heavy (non-hydrogen) atoms. The zero-order valence-corrected chi connectivity index (χ0v) is 15.5. The summed E-state index contributed by atoms with van der Waals surface area (Å²) in [6, 6.07) is -1.29. The first-order valence-electron chi connectivity index (χ1n) is 8.56. The lowest BCUT2D eigenvalue weighted by atomic mass is 10.0. The standard InChI is InChI=1S/C17H20N4O7/c1-7(22)26-5-11-15(27-8(2)23)16(28-9(3)24)13(21-11)10-4-18-14-12(10)19-6-20-17(14)25/h4,6,11,13,15-16,18,21H,5H2,1-3H3,(H,19,20,25). The summed E-state index contributed by atoms with van der Waals surface area (Å²) in [5.41, 5.74) is 0.836. The molecule has 1 fully saturated rings. The van der Waals surface area contributed by atoms with E-state index in [2.05, 4.69) is 20.3 Å². The van der Waals surface area contributed by atoms with Crippen molar-refractivity contribution in [3.05, 3.63) is 28.4 Å². The van der Waals surface area contributed by atoms with Crippen molar-refractivity contribution in [2.24, 2.45) is 0 Å². The van der Waals surface area contributed by atoms with Crippen LogP contribution >= 0.6 is 0 Å². The lowest BCUT2D eigenvalue weighted by Gasteiger charge is -2.24. The molecule has 0 aromatic carbocycles. The Bertz CT molecular complexity index is 966. The minimum absolute atomic E-state index is 0.0993. The summed E-state index contributed by atoms with van der Waals surface area (Å²) in [4.78, 5) is 56.0. The topological polar surface area (TPSA) is 152 Å². The number of nitrogens with one attached hydrogen (secondary N) is 3. The molecule has 2 aromatic heterocycles. The van der Waals surface area contributed by atoms with Gasteiger partial charge in [0.25, 0.3) is 5.56 Å². The van der Waals surface area contributed by atoms with Crippen LogP contribution in [0.15, 0.2) is 17.3 Å². The molecule has 0 aliphatic carbocycles. The summed E-state index contributed by atoms with van der Waals surface area (Å²) in [5.74, 6) is -1.66. The van der Waals surface area contributed by atoms with Crippen molar-refractivity contribution >= 4 is 28.9 Å². The quantitative estimate of drug-likeness (QED) is 0.459. The molecule has 2 aromatic rings. The highest BCUT2D eigenvalue weighted by Gasteiger charge is 2.49. The van der Waals surface area contributed by atoms with Crippen molar-refractivity contribution in [3.8, 4) is 0 Å². The van der Waals surface area contributed by atoms with Crippen LogP contribution in [0, 0.1) is 0 Å². The van der Waals surface area contributed by atoms with E-state index in [1.54, 1.807) is 6.20 Å². The van der Waals surface area contributed by atoms with Crippen LogP contribution < -0.4 is 10.9 Å². The summed E-state index contributed by atoms with van der Waals surface area (Å²) in [6.45, 7) is 3.62. The largest absolute Gasteiger partial charge is 0.464 e. The van der Waals surface area contributed by atoms with E-state index in [4.69, 9.17) is 14.2 Å². The number of rotatable bonds is 5. The number of carbonyl (C=O) groups is 3. The van der Waals surface area contributed by atoms with Crippen LogP contribution in [0.5, 0.6) is 0 Å². The van der Waals surface area contributed by atoms with Gasteiger partial charge in [-0.3, -0.25) is 24.5 Å². The third-order valence-corrected chi connectivity index (χ3v) is 4.35. The molecule has 0 radical (unpaired) electrons. The zero-order valence-electron chi connectivity index (χ0n) is 15.5. The molecule has 3 N–H and O–H groups in total. The minimum atomic E-state index is -0.915. The lowest BCUT2D eigenvalue weighted by molar-refractivity contribution is -0.165. The number of ether oxygens (including phenoxy) is 3. The van der Waals surface area contributed by atoms with Gasteiger partial charge in [-0.1, -0.05) is 0 Å². The molecule has 0 amide bonds. The molecule has 0 saturated carbocycles. The number of fused-ring (bicyclic) bond motifs is 1. The maximum absolute atomic E-state index is 12.0. The third kappa shape index (κ3) is 3.88. The molecule has 4 atom stereocenters. The van der Waals surface area contributed by atoms with Gasteiger partial charge in [0.2, 0.25) is 0 Å². The Morgan fingerprint density at radius 2 is 1.71 bits per heavy atom. The Kier molecular flexibility index (Phi) is 5.45.